The van der Waals surface area contributed by atoms with Gasteiger partial charge in [-0.2, -0.15) is 0 Å². The predicted molar refractivity (Wildman–Crippen MR) is 86.3 cm³/mol. The van der Waals surface area contributed by atoms with Crippen LogP contribution >= 0.6 is 11.3 Å². The van der Waals surface area contributed by atoms with E-state index in [0.29, 0.717) is 23.3 Å². The molecular formula is C15H24F2N4OS. The molecule has 0 aliphatic carbocycles. The number of rotatable bonds is 4. The summed E-state index contributed by atoms with van der Waals surface area (Å²) >= 11 is 1.01. The number of hydrogen-bond acceptors (Lipinski definition) is 6. The first kappa shape index (κ1) is 17.0. The van der Waals surface area contributed by atoms with Crippen molar-refractivity contribution in [1.29, 1.82) is 0 Å². The van der Waals surface area contributed by atoms with E-state index >= 15 is 0 Å². The van der Waals surface area contributed by atoms with Gasteiger partial charge in [0.25, 0.3) is 6.43 Å². The molecule has 8 heteroatoms. The first-order chi connectivity index (χ1) is 11.0. The van der Waals surface area contributed by atoms with Crippen LogP contribution in [0.15, 0.2) is 0 Å². The third kappa shape index (κ3) is 4.36. The topological polar surface area (TPSA) is 41.5 Å². The summed E-state index contributed by atoms with van der Waals surface area (Å²) in [6, 6.07) is 0. The molecule has 130 valence electrons. The third-order valence-corrected chi connectivity index (χ3v) is 5.50. The Balaban J connectivity index is 1.48. The van der Waals surface area contributed by atoms with Gasteiger partial charge in [0.1, 0.15) is 0 Å². The fraction of sp³-hybridized carbons (Fsp3) is 0.867. The molecule has 2 atom stereocenters. The van der Waals surface area contributed by atoms with Crippen LogP contribution in [-0.2, 0) is 4.74 Å². The normalized spacial score (nSPS) is 27.8. The minimum Gasteiger partial charge on any atom is -0.373 e. The van der Waals surface area contributed by atoms with Crippen molar-refractivity contribution < 1.29 is 13.5 Å². The highest BCUT2D eigenvalue weighted by Crippen LogP contribution is 2.30. The van der Waals surface area contributed by atoms with Gasteiger partial charge in [0.15, 0.2) is 5.01 Å². The minimum absolute atomic E-state index is 0.182. The largest absolute Gasteiger partial charge is 0.373 e. The van der Waals surface area contributed by atoms with Crippen LogP contribution in [0.25, 0.3) is 0 Å². The van der Waals surface area contributed by atoms with E-state index in [-0.39, 0.29) is 5.01 Å². The fourth-order valence-corrected chi connectivity index (χ4v) is 4.30. The summed E-state index contributed by atoms with van der Waals surface area (Å²) in [5.41, 5.74) is 0. The van der Waals surface area contributed by atoms with Gasteiger partial charge in [0.2, 0.25) is 5.13 Å². The number of anilines is 1. The Bertz CT molecular complexity index is 497. The van der Waals surface area contributed by atoms with Crippen molar-refractivity contribution in [3.8, 4) is 0 Å². The zero-order chi connectivity index (χ0) is 16.4. The molecule has 0 saturated carbocycles. The molecule has 0 amide bonds. The molecule has 1 aromatic heterocycles. The van der Waals surface area contributed by atoms with Crippen LogP contribution in [0, 0.1) is 5.92 Å². The van der Waals surface area contributed by atoms with E-state index in [1.807, 2.05) is 0 Å². The molecule has 2 aliphatic rings. The van der Waals surface area contributed by atoms with Gasteiger partial charge < -0.3 is 9.64 Å². The summed E-state index contributed by atoms with van der Waals surface area (Å²) in [6.45, 7) is 9.10. The lowest BCUT2D eigenvalue weighted by molar-refractivity contribution is -0.0720. The number of morpholine rings is 1. The van der Waals surface area contributed by atoms with E-state index in [1.54, 1.807) is 0 Å². The molecule has 2 unspecified atom stereocenters. The fourth-order valence-electron chi connectivity index (χ4n) is 3.55. The Morgan fingerprint density at radius 2 is 1.83 bits per heavy atom. The van der Waals surface area contributed by atoms with Gasteiger partial charge in [-0.25, -0.2) is 8.78 Å². The van der Waals surface area contributed by atoms with Gasteiger partial charge in [0, 0.05) is 32.7 Å². The quantitative estimate of drug-likeness (QED) is 0.839. The molecular weight excluding hydrogens is 322 g/mol. The van der Waals surface area contributed by atoms with Gasteiger partial charge in [-0.15, -0.1) is 10.2 Å². The van der Waals surface area contributed by atoms with E-state index in [0.717, 1.165) is 56.9 Å². The van der Waals surface area contributed by atoms with Crippen molar-refractivity contribution >= 4 is 16.5 Å². The summed E-state index contributed by atoms with van der Waals surface area (Å²) in [7, 11) is 0. The van der Waals surface area contributed by atoms with Crippen molar-refractivity contribution in [2.24, 2.45) is 5.92 Å². The number of nitrogens with zero attached hydrogens (tertiary/aromatic N) is 4. The molecule has 0 spiro atoms. The van der Waals surface area contributed by atoms with Gasteiger partial charge >= 0.3 is 0 Å². The first-order valence-corrected chi connectivity index (χ1v) is 9.07. The molecule has 0 aromatic carbocycles. The molecule has 5 nitrogen and oxygen atoms in total. The molecule has 2 aliphatic heterocycles. The highest BCUT2D eigenvalue weighted by molar-refractivity contribution is 7.15. The lowest BCUT2D eigenvalue weighted by Crippen LogP contribution is -2.48. The Hall–Kier alpha value is -0.860. The first-order valence-electron chi connectivity index (χ1n) is 8.25. The Morgan fingerprint density at radius 1 is 1.17 bits per heavy atom. The van der Waals surface area contributed by atoms with E-state index in [1.165, 1.54) is 0 Å². The van der Waals surface area contributed by atoms with E-state index in [9.17, 15) is 8.78 Å². The monoisotopic (exact) mass is 346 g/mol. The van der Waals surface area contributed by atoms with Crippen LogP contribution in [0.3, 0.4) is 0 Å². The van der Waals surface area contributed by atoms with Gasteiger partial charge in [-0.1, -0.05) is 11.3 Å². The Kier molecular flexibility index (Phi) is 5.43. The highest BCUT2D eigenvalue weighted by atomic mass is 32.1. The number of piperidine rings is 1. The molecule has 0 bridgehead atoms. The zero-order valence-electron chi connectivity index (χ0n) is 13.6. The van der Waals surface area contributed by atoms with Crippen LogP contribution in [0.5, 0.6) is 0 Å². The van der Waals surface area contributed by atoms with Crippen LogP contribution in [0.2, 0.25) is 0 Å². The minimum atomic E-state index is -2.52. The van der Waals surface area contributed by atoms with Crippen LogP contribution < -0.4 is 4.90 Å². The van der Waals surface area contributed by atoms with Crippen LogP contribution in [0.4, 0.5) is 13.9 Å². The standard InChI is InChI=1S/C15H24F2N4OS/c1-10-7-20(8-11(2)22-10)9-12-3-5-21(6-4-12)15-19-18-14(23-15)13(16)17/h10-13H,3-9H2,1-2H3. The van der Waals surface area contributed by atoms with Crippen LogP contribution in [0.1, 0.15) is 38.1 Å². The summed E-state index contributed by atoms with van der Waals surface area (Å²) < 4.78 is 31.0. The summed E-state index contributed by atoms with van der Waals surface area (Å²) in [4.78, 5) is 4.59. The van der Waals surface area contributed by atoms with Crippen molar-refractivity contribution in [3.05, 3.63) is 5.01 Å². The molecule has 0 radical (unpaired) electrons. The maximum atomic E-state index is 12.6. The Labute approximate surface area is 139 Å². The lowest BCUT2D eigenvalue weighted by Gasteiger charge is -2.39. The number of alkyl halides is 2. The van der Waals surface area contributed by atoms with E-state index < -0.39 is 6.43 Å². The molecule has 3 rings (SSSR count). The van der Waals surface area contributed by atoms with E-state index in [2.05, 4.69) is 33.8 Å². The van der Waals surface area contributed by atoms with Crippen molar-refractivity contribution in [1.82, 2.24) is 15.1 Å². The van der Waals surface area contributed by atoms with Crippen molar-refractivity contribution in [2.45, 2.75) is 45.3 Å². The number of hydrogen-bond donors (Lipinski definition) is 0. The van der Waals surface area contributed by atoms with Crippen LogP contribution in [-0.4, -0.2) is 60.0 Å². The smallest absolute Gasteiger partial charge is 0.291 e. The van der Waals surface area contributed by atoms with Gasteiger partial charge in [-0.3, -0.25) is 4.90 Å². The summed E-state index contributed by atoms with van der Waals surface area (Å²) in [5.74, 6) is 0.659. The maximum absolute atomic E-state index is 12.6. The Morgan fingerprint density at radius 3 is 2.39 bits per heavy atom. The van der Waals surface area contributed by atoms with E-state index in [4.69, 9.17) is 4.74 Å². The number of halogens is 2. The van der Waals surface area contributed by atoms with Crippen molar-refractivity contribution in [2.75, 3.05) is 37.6 Å². The molecule has 2 saturated heterocycles. The summed E-state index contributed by atoms with van der Waals surface area (Å²) in [5, 5.41) is 7.93. The average molecular weight is 346 g/mol. The van der Waals surface area contributed by atoms with Gasteiger partial charge in [-0.05, 0) is 32.6 Å². The second-order valence-corrected chi connectivity index (χ2v) is 7.62. The van der Waals surface area contributed by atoms with Crippen molar-refractivity contribution in [3.63, 3.8) is 0 Å². The second-order valence-electron chi connectivity index (χ2n) is 6.63. The maximum Gasteiger partial charge on any atom is 0.291 e. The summed E-state index contributed by atoms with van der Waals surface area (Å²) in [6.07, 6.45) is 0.220. The molecule has 23 heavy (non-hydrogen) atoms. The molecule has 2 fully saturated rings. The zero-order valence-corrected chi connectivity index (χ0v) is 14.4. The lowest BCUT2D eigenvalue weighted by atomic mass is 9.96. The third-order valence-electron chi connectivity index (χ3n) is 4.51. The SMILES string of the molecule is CC1CN(CC2CCN(c3nnc(C(F)F)s3)CC2)CC(C)O1. The average Bonchev–Trinajstić information content (AvgIpc) is 2.97. The molecule has 1 aromatic rings. The van der Waals surface area contributed by atoms with Gasteiger partial charge in [0.05, 0.1) is 12.2 Å². The number of aromatic nitrogens is 2. The predicted octanol–water partition coefficient (Wildman–Crippen LogP) is 2.80. The molecule has 3 heterocycles. The second kappa shape index (κ2) is 7.36. The molecule has 0 N–H and O–H groups in total. The highest BCUT2D eigenvalue weighted by Gasteiger charge is 2.28. The number of ether oxygens (including phenoxy) is 1.